The van der Waals surface area contributed by atoms with E-state index in [-0.39, 0.29) is 10.8 Å². The van der Waals surface area contributed by atoms with Gasteiger partial charge in [0.25, 0.3) is 15.9 Å². The normalized spacial score (nSPS) is 10.9. The number of ether oxygens (including phenoxy) is 1. The molecule has 0 aliphatic carbocycles. The molecule has 0 heterocycles. The molecule has 1 N–H and O–H groups in total. The summed E-state index contributed by atoms with van der Waals surface area (Å²) in [7, 11) is 0.797. The Bertz CT molecular complexity index is 1250. The molecule has 0 saturated carbocycles. The van der Waals surface area contributed by atoms with Gasteiger partial charge in [0.05, 0.1) is 17.7 Å². The zero-order valence-electron chi connectivity index (χ0n) is 19.5. The third kappa shape index (κ3) is 5.74. The van der Waals surface area contributed by atoms with Crippen molar-refractivity contribution in [2.24, 2.45) is 0 Å². The number of rotatable bonds is 8. The lowest BCUT2D eigenvalue weighted by molar-refractivity contribution is -0.114. The number of amides is 2. The minimum absolute atomic E-state index is 0.0771. The summed E-state index contributed by atoms with van der Waals surface area (Å²) in [6, 6.07) is 19.3. The first-order valence-electron chi connectivity index (χ1n) is 10.5. The predicted molar refractivity (Wildman–Crippen MR) is 132 cm³/mol. The number of aryl methyl sites for hydroxylation is 1. The van der Waals surface area contributed by atoms with Crippen molar-refractivity contribution in [2.45, 2.75) is 11.8 Å². The van der Waals surface area contributed by atoms with E-state index >= 15 is 0 Å². The molecule has 0 aliphatic heterocycles. The van der Waals surface area contributed by atoms with E-state index in [1.165, 1.54) is 24.1 Å². The van der Waals surface area contributed by atoms with Crippen LogP contribution >= 0.6 is 0 Å². The van der Waals surface area contributed by atoms with Crippen LogP contribution in [0, 0.1) is 6.92 Å². The Kier molecular flexibility index (Phi) is 7.57. The van der Waals surface area contributed by atoms with Crippen LogP contribution in [-0.4, -0.2) is 52.9 Å². The Morgan fingerprint density at radius 2 is 1.47 bits per heavy atom. The van der Waals surface area contributed by atoms with Crippen LogP contribution in [0.4, 0.5) is 11.4 Å². The summed E-state index contributed by atoms with van der Waals surface area (Å²) in [6.45, 7) is 1.42. The van der Waals surface area contributed by atoms with Crippen LogP contribution in [0.3, 0.4) is 0 Å². The number of carbonyl (C=O) groups excluding carboxylic acids is 2. The highest BCUT2D eigenvalue weighted by molar-refractivity contribution is 7.92. The Morgan fingerprint density at radius 1 is 0.882 bits per heavy atom. The maximum Gasteiger partial charge on any atom is 0.264 e. The van der Waals surface area contributed by atoms with E-state index in [0.29, 0.717) is 22.7 Å². The number of carbonyl (C=O) groups is 2. The number of hydrogen-bond donors (Lipinski definition) is 1. The largest absolute Gasteiger partial charge is 0.497 e. The number of benzene rings is 3. The molecule has 0 aromatic heterocycles. The highest BCUT2D eigenvalue weighted by atomic mass is 32.2. The fourth-order valence-corrected chi connectivity index (χ4v) is 4.61. The molecule has 0 spiro atoms. The molecular weight excluding hydrogens is 454 g/mol. The van der Waals surface area contributed by atoms with Gasteiger partial charge >= 0.3 is 0 Å². The van der Waals surface area contributed by atoms with E-state index in [1.54, 1.807) is 74.8 Å². The van der Waals surface area contributed by atoms with Crippen LogP contribution in [0.1, 0.15) is 15.9 Å². The smallest absolute Gasteiger partial charge is 0.264 e. The van der Waals surface area contributed by atoms with Gasteiger partial charge in [-0.3, -0.25) is 13.9 Å². The maximum absolute atomic E-state index is 13.4. The van der Waals surface area contributed by atoms with Crippen molar-refractivity contribution in [3.8, 4) is 5.75 Å². The summed E-state index contributed by atoms with van der Waals surface area (Å²) in [5.41, 5.74) is 2.17. The summed E-state index contributed by atoms with van der Waals surface area (Å²) in [5, 5.41) is 2.70. The third-order valence-electron chi connectivity index (χ3n) is 5.08. The summed E-state index contributed by atoms with van der Waals surface area (Å²) in [5.74, 6) is -0.126. The number of anilines is 2. The third-order valence-corrected chi connectivity index (χ3v) is 6.87. The zero-order valence-corrected chi connectivity index (χ0v) is 20.3. The van der Waals surface area contributed by atoms with E-state index in [0.717, 1.165) is 9.87 Å². The second-order valence-corrected chi connectivity index (χ2v) is 9.71. The van der Waals surface area contributed by atoms with Crippen LogP contribution in [0.5, 0.6) is 5.75 Å². The first-order chi connectivity index (χ1) is 16.1. The van der Waals surface area contributed by atoms with Crippen LogP contribution in [0.25, 0.3) is 0 Å². The van der Waals surface area contributed by atoms with Gasteiger partial charge in [-0.1, -0.05) is 17.7 Å². The van der Waals surface area contributed by atoms with Crippen molar-refractivity contribution >= 4 is 33.2 Å². The van der Waals surface area contributed by atoms with Gasteiger partial charge in [0, 0.05) is 25.3 Å². The van der Waals surface area contributed by atoms with Gasteiger partial charge in [-0.25, -0.2) is 8.42 Å². The molecule has 0 fully saturated rings. The summed E-state index contributed by atoms with van der Waals surface area (Å²) in [4.78, 5) is 26.4. The van der Waals surface area contributed by atoms with Gasteiger partial charge in [-0.05, 0) is 67.6 Å². The second-order valence-electron chi connectivity index (χ2n) is 7.85. The molecule has 0 aliphatic rings. The standard InChI is InChI=1S/C25H27N3O5S/c1-18-5-15-23(16-6-18)34(31,32)28(21-11-13-22(33-4)14-12-21)17-24(29)26-20-9-7-19(8-10-20)25(30)27(2)3/h5-16H,17H2,1-4H3,(H,26,29). The van der Waals surface area contributed by atoms with Crippen molar-refractivity contribution in [2.75, 3.05) is 37.4 Å². The second kappa shape index (κ2) is 10.4. The first kappa shape index (κ1) is 24.8. The summed E-state index contributed by atoms with van der Waals surface area (Å²) < 4.78 is 33.1. The van der Waals surface area contributed by atoms with Crippen molar-refractivity contribution in [1.29, 1.82) is 0 Å². The van der Waals surface area contributed by atoms with Gasteiger partial charge in [0.1, 0.15) is 12.3 Å². The van der Waals surface area contributed by atoms with Gasteiger partial charge < -0.3 is 15.0 Å². The zero-order chi connectivity index (χ0) is 24.9. The Labute approximate surface area is 199 Å². The number of sulfonamides is 1. The lowest BCUT2D eigenvalue weighted by Gasteiger charge is -2.24. The molecule has 0 saturated heterocycles. The van der Waals surface area contributed by atoms with Gasteiger partial charge in [-0.2, -0.15) is 0 Å². The molecule has 3 aromatic rings. The first-order valence-corrected chi connectivity index (χ1v) is 11.9. The average Bonchev–Trinajstić information content (AvgIpc) is 2.83. The average molecular weight is 482 g/mol. The molecule has 0 radical (unpaired) electrons. The molecule has 8 nitrogen and oxygen atoms in total. The van der Waals surface area contributed by atoms with E-state index in [1.807, 2.05) is 6.92 Å². The molecule has 178 valence electrons. The van der Waals surface area contributed by atoms with Crippen molar-refractivity contribution < 1.29 is 22.7 Å². The van der Waals surface area contributed by atoms with Crippen molar-refractivity contribution in [3.63, 3.8) is 0 Å². The Balaban J connectivity index is 1.87. The number of nitrogens with zero attached hydrogens (tertiary/aromatic N) is 2. The van der Waals surface area contributed by atoms with E-state index < -0.39 is 22.5 Å². The fourth-order valence-electron chi connectivity index (χ4n) is 3.19. The number of hydrogen-bond acceptors (Lipinski definition) is 5. The van der Waals surface area contributed by atoms with Crippen molar-refractivity contribution in [1.82, 2.24) is 4.90 Å². The molecule has 0 unspecified atom stereocenters. The van der Waals surface area contributed by atoms with Gasteiger partial charge in [0.2, 0.25) is 5.91 Å². The van der Waals surface area contributed by atoms with Gasteiger partial charge in [-0.15, -0.1) is 0 Å². The minimum Gasteiger partial charge on any atom is -0.497 e. The summed E-state index contributed by atoms with van der Waals surface area (Å²) in [6.07, 6.45) is 0. The predicted octanol–water partition coefficient (Wildman–Crippen LogP) is 3.54. The van der Waals surface area contributed by atoms with Crippen LogP contribution in [0.2, 0.25) is 0 Å². The number of methoxy groups -OCH3 is 1. The molecule has 9 heteroatoms. The lowest BCUT2D eigenvalue weighted by atomic mass is 10.2. The highest BCUT2D eigenvalue weighted by Crippen LogP contribution is 2.26. The maximum atomic E-state index is 13.4. The molecule has 0 atom stereocenters. The van der Waals surface area contributed by atoms with Crippen LogP contribution in [-0.2, 0) is 14.8 Å². The quantitative estimate of drug-likeness (QED) is 0.531. The lowest BCUT2D eigenvalue weighted by Crippen LogP contribution is -2.38. The molecule has 3 rings (SSSR count). The molecule has 34 heavy (non-hydrogen) atoms. The van der Waals surface area contributed by atoms with E-state index in [2.05, 4.69) is 5.32 Å². The Hall–Kier alpha value is -3.85. The van der Waals surface area contributed by atoms with Crippen molar-refractivity contribution in [3.05, 3.63) is 83.9 Å². The SMILES string of the molecule is COc1ccc(N(CC(=O)Nc2ccc(C(=O)N(C)C)cc2)S(=O)(=O)c2ccc(C)cc2)cc1. The minimum atomic E-state index is -4.02. The summed E-state index contributed by atoms with van der Waals surface area (Å²) >= 11 is 0. The Morgan fingerprint density at radius 3 is 2.00 bits per heavy atom. The topological polar surface area (TPSA) is 96.0 Å². The van der Waals surface area contributed by atoms with Crippen LogP contribution in [0.15, 0.2) is 77.7 Å². The molecule has 3 aromatic carbocycles. The monoisotopic (exact) mass is 481 g/mol. The molecular formula is C25H27N3O5S. The molecule has 2 amide bonds. The fraction of sp³-hybridized carbons (Fsp3) is 0.200. The number of nitrogens with one attached hydrogen (secondary N) is 1. The highest BCUT2D eigenvalue weighted by Gasteiger charge is 2.27. The molecule has 0 bridgehead atoms. The van der Waals surface area contributed by atoms with Crippen LogP contribution < -0.4 is 14.4 Å². The van der Waals surface area contributed by atoms with Gasteiger partial charge in [0.15, 0.2) is 0 Å². The van der Waals surface area contributed by atoms with E-state index in [9.17, 15) is 18.0 Å². The van der Waals surface area contributed by atoms with E-state index in [4.69, 9.17) is 4.74 Å².